The number of nitrogens with one attached hydrogen (secondary N) is 1. The number of rotatable bonds is 5. The zero-order chi connectivity index (χ0) is 18.5. The summed E-state index contributed by atoms with van der Waals surface area (Å²) in [5.41, 5.74) is 2.89. The largest absolute Gasteiger partial charge is 0.493 e. The summed E-state index contributed by atoms with van der Waals surface area (Å²) >= 11 is 0. The maximum Gasteiger partial charge on any atom is 0.259 e. The first-order chi connectivity index (χ1) is 12.6. The van der Waals surface area contributed by atoms with E-state index in [0.29, 0.717) is 28.6 Å². The van der Waals surface area contributed by atoms with E-state index in [1.165, 1.54) is 0 Å². The van der Waals surface area contributed by atoms with Crippen LogP contribution in [0.5, 0.6) is 11.5 Å². The Hall–Kier alpha value is -3.34. The molecule has 0 atom stereocenters. The highest BCUT2D eigenvalue weighted by Crippen LogP contribution is 2.28. The van der Waals surface area contributed by atoms with Gasteiger partial charge in [-0.25, -0.2) is 4.98 Å². The molecule has 0 aliphatic rings. The molecule has 0 aliphatic carbocycles. The second kappa shape index (κ2) is 7.70. The molecule has 0 saturated heterocycles. The molecule has 26 heavy (non-hydrogen) atoms. The van der Waals surface area contributed by atoms with Gasteiger partial charge < -0.3 is 14.5 Å². The third-order valence-electron chi connectivity index (χ3n) is 4.02. The summed E-state index contributed by atoms with van der Waals surface area (Å²) < 4.78 is 10.5. The average Bonchev–Trinajstić information content (AvgIpc) is 2.66. The second-order valence-corrected chi connectivity index (χ2v) is 5.73. The van der Waals surface area contributed by atoms with E-state index in [4.69, 9.17) is 9.47 Å². The molecule has 0 unspecified atom stereocenters. The molecule has 1 aromatic heterocycles. The maximum absolute atomic E-state index is 12.5. The highest BCUT2D eigenvalue weighted by molar-refractivity contribution is 5.70. The molecule has 1 heterocycles. The third-order valence-corrected chi connectivity index (χ3v) is 4.02. The van der Waals surface area contributed by atoms with Crippen LogP contribution in [0.15, 0.2) is 53.3 Å². The Labute approximate surface area is 152 Å². The molecule has 0 radical (unpaired) electrons. The zero-order valence-electron chi connectivity index (χ0n) is 14.9. The number of benzene rings is 2. The smallest absolute Gasteiger partial charge is 0.259 e. The van der Waals surface area contributed by atoms with Crippen LogP contribution >= 0.6 is 0 Å². The predicted molar refractivity (Wildman–Crippen MR) is 104 cm³/mol. The molecule has 5 heteroatoms. The minimum Gasteiger partial charge on any atom is -0.493 e. The molecule has 2 aromatic carbocycles. The summed E-state index contributed by atoms with van der Waals surface area (Å²) in [4.78, 5) is 19.8. The van der Waals surface area contributed by atoms with E-state index >= 15 is 0 Å². The molecule has 0 spiro atoms. The van der Waals surface area contributed by atoms with Crippen LogP contribution in [0.3, 0.4) is 0 Å². The van der Waals surface area contributed by atoms with Crippen molar-refractivity contribution in [1.82, 2.24) is 9.97 Å². The Morgan fingerprint density at radius 3 is 2.35 bits per heavy atom. The molecular formula is C21H20N2O3. The van der Waals surface area contributed by atoms with E-state index in [-0.39, 0.29) is 5.56 Å². The van der Waals surface area contributed by atoms with Gasteiger partial charge in [0.25, 0.3) is 5.56 Å². The van der Waals surface area contributed by atoms with Crippen LogP contribution in [-0.2, 0) is 0 Å². The Balaban J connectivity index is 1.92. The van der Waals surface area contributed by atoms with Crippen molar-refractivity contribution in [2.45, 2.75) is 6.92 Å². The Kier molecular flexibility index (Phi) is 5.17. The predicted octanol–water partition coefficient (Wildman–Crippen LogP) is 3.93. The molecule has 0 saturated carbocycles. The molecule has 0 aliphatic heterocycles. The summed E-state index contributed by atoms with van der Waals surface area (Å²) in [5, 5.41) is 0. The number of ether oxygens (including phenoxy) is 2. The van der Waals surface area contributed by atoms with Crippen molar-refractivity contribution in [3.05, 3.63) is 76.0 Å². The molecule has 0 fully saturated rings. The van der Waals surface area contributed by atoms with Gasteiger partial charge in [0, 0.05) is 0 Å². The van der Waals surface area contributed by atoms with Crippen LogP contribution in [0.2, 0.25) is 0 Å². The SMILES string of the molecule is COc1ccc(/C=C/c2nc(C)c(-c3ccccc3)c(=O)[nH]2)cc1OC. The van der Waals surface area contributed by atoms with Gasteiger partial charge in [-0.3, -0.25) is 4.79 Å². The highest BCUT2D eigenvalue weighted by Gasteiger charge is 2.09. The van der Waals surface area contributed by atoms with E-state index in [9.17, 15) is 4.79 Å². The van der Waals surface area contributed by atoms with Crippen LogP contribution in [0.25, 0.3) is 23.3 Å². The van der Waals surface area contributed by atoms with Gasteiger partial charge in [0.05, 0.1) is 25.5 Å². The van der Waals surface area contributed by atoms with Crippen molar-refractivity contribution in [2.75, 3.05) is 14.2 Å². The van der Waals surface area contributed by atoms with Crippen LogP contribution in [0.4, 0.5) is 0 Å². The first kappa shape index (κ1) is 17.5. The standard InChI is InChI=1S/C21H20N2O3/c1-14-20(16-7-5-4-6-8-16)21(24)23-19(22-14)12-10-15-9-11-17(25-2)18(13-15)26-3/h4-13H,1-3H3,(H,22,23,24)/b12-10+. The lowest BCUT2D eigenvalue weighted by molar-refractivity contribution is 0.355. The van der Waals surface area contributed by atoms with Gasteiger partial charge in [0.15, 0.2) is 11.5 Å². The molecule has 0 bridgehead atoms. The van der Waals surface area contributed by atoms with Crippen LogP contribution in [-0.4, -0.2) is 24.2 Å². The summed E-state index contributed by atoms with van der Waals surface area (Å²) in [6, 6.07) is 15.1. The zero-order valence-corrected chi connectivity index (χ0v) is 14.9. The van der Waals surface area contributed by atoms with E-state index in [2.05, 4.69) is 9.97 Å². The minimum absolute atomic E-state index is 0.157. The fourth-order valence-electron chi connectivity index (χ4n) is 2.76. The van der Waals surface area contributed by atoms with E-state index in [1.807, 2.05) is 61.5 Å². The summed E-state index contributed by atoms with van der Waals surface area (Å²) in [5.74, 6) is 1.81. The quantitative estimate of drug-likeness (QED) is 0.759. The molecule has 0 amide bonds. The fraction of sp³-hybridized carbons (Fsp3) is 0.143. The number of methoxy groups -OCH3 is 2. The lowest BCUT2D eigenvalue weighted by Crippen LogP contribution is -2.14. The molecule has 5 nitrogen and oxygen atoms in total. The Bertz CT molecular complexity index is 992. The summed E-state index contributed by atoms with van der Waals surface area (Å²) in [6.45, 7) is 1.84. The van der Waals surface area contributed by atoms with Gasteiger partial charge in [-0.2, -0.15) is 0 Å². The van der Waals surface area contributed by atoms with E-state index < -0.39 is 0 Å². The van der Waals surface area contributed by atoms with Crippen LogP contribution < -0.4 is 15.0 Å². The van der Waals surface area contributed by atoms with Crippen molar-refractivity contribution >= 4 is 12.2 Å². The summed E-state index contributed by atoms with van der Waals surface area (Å²) in [6.07, 6.45) is 3.63. The number of nitrogens with zero attached hydrogens (tertiary/aromatic N) is 1. The lowest BCUT2D eigenvalue weighted by atomic mass is 10.1. The third kappa shape index (κ3) is 3.67. The topological polar surface area (TPSA) is 64.2 Å². The summed E-state index contributed by atoms with van der Waals surface area (Å²) in [7, 11) is 3.19. The molecule has 3 aromatic rings. The minimum atomic E-state index is -0.157. The molecule has 3 rings (SSSR count). The number of aromatic amines is 1. The van der Waals surface area contributed by atoms with E-state index in [0.717, 1.165) is 11.1 Å². The molecule has 1 N–H and O–H groups in total. The fourth-order valence-corrected chi connectivity index (χ4v) is 2.76. The molecular weight excluding hydrogens is 328 g/mol. The van der Waals surface area contributed by atoms with Crippen molar-refractivity contribution in [2.24, 2.45) is 0 Å². The maximum atomic E-state index is 12.5. The van der Waals surface area contributed by atoms with Gasteiger partial charge in [0.1, 0.15) is 5.82 Å². The van der Waals surface area contributed by atoms with Gasteiger partial charge in [-0.15, -0.1) is 0 Å². The van der Waals surface area contributed by atoms with Crippen molar-refractivity contribution in [1.29, 1.82) is 0 Å². The van der Waals surface area contributed by atoms with Gasteiger partial charge in [-0.05, 0) is 36.3 Å². The number of hydrogen-bond donors (Lipinski definition) is 1. The second-order valence-electron chi connectivity index (χ2n) is 5.73. The van der Waals surface area contributed by atoms with Crippen molar-refractivity contribution < 1.29 is 9.47 Å². The monoisotopic (exact) mass is 348 g/mol. The Morgan fingerprint density at radius 1 is 0.962 bits per heavy atom. The van der Waals surface area contributed by atoms with Crippen LogP contribution in [0.1, 0.15) is 17.1 Å². The number of aromatic nitrogens is 2. The van der Waals surface area contributed by atoms with Gasteiger partial charge in [-0.1, -0.05) is 42.5 Å². The lowest BCUT2D eigenvalue weighted by Gasteiger charge is -2.08. The van der Waals surface area contributed by atoms with Crippen LogP contribution in [0, 0.1) is 6.92 Å². The first-order valence-electron chi connectivity index (χ1n) is 8.19. The molecule has 132 valence electrons. The first-order valence-corrected chi connectivity index (χ1v) is 8.19. The van der Waals surface area contributed by atoms with Gasteiger partial charge >= 0.3 is 0 Å². The number of hydrogen-bond acceptors (Lipinski definition) is 4. The van der Waals surface area contributed by atoms with Crippen molar-refractivity contribution in [3.8, 4) is 22.6 Å². The van der Waals surface area contributed by atoms with Crippen molar-refractivity contribution in [3.63, 3.8) is 0 Å². The average molecular weight is 348 g/mol. The number of H-pyrrole nitrogens is 1. The normalized spacial score (nSPS) is 10.9. The van der Waals surface area contributed by atoms with E-state index in [1.54, 1.807) is 20.3 Å². The highest BCUT2D eigenvalue weighted by atomic mass is 16.5. The Morgan fingerprint density at radius 2 is 1.69 bits per heavy atom. The van der Waals surface area contributed by atoms with Gasteiger partial charge in [0.2, 0.25) is 0 Å². The number of aryl methyl sites for hydroxylation is 1.